The fourth-order valence-corrected chi connectivity index (χ4v) is 2.21. The highest BCUT2D eigenvalue weighted by molar-refractivity contribution is 6.06. The predicted molar refractivity (Wildman–Crippen MR) is 93.3 cm³/mol. The Hall–Kier alpha value is -3.22. The van der Waals surface area contributed by atoms with Crippen molar-refractivity contribution >= 4 is 23.6 Å². The van der Waals surface area contributed by atoms with Gasteiger partial charge >= 0.3 is 12.6 Å². The van der Waals surface area contributed by atoms with Gasteiger partial charge in [-0.15, -0.1) is 0 Å². The van der Waals surface area contributed by atoms with E-state index >= 15 is 0 Å². The lowest BCUT2D eigenvalue weighted by molar-refractivity contribution is -0.111. The summed E-state index contributed by atoms with van der Waals surface area (Å²) >= 11 is 0. The molecule has 0 saturated carbocycles. The van der Waals surface area contributed by atoms with Gasteiger partial charge in [0.05, 0.1) is 18.4 Å². The number of nitrogens with one attached hydrogen (secondary N) is 1. The smallest absolute Gasteiger partial charge is 0.387 e. The van der Waals surface area contributed by atoms with Crippen molar-refractivity contribution in [2.24, 2.45) is 0 Å². The number of carbonyl (C=O) groups excluding carboxylic acids is 2. The second-order valence-electron chi connectivity index (χ2n) is 5.28. The summed E-state index contributed by atoms with van der Waals surface area (Å²) in [7, 11) is 1.25. The van der Waals surface area contributed by atoms with E-state index < -0.39 is 18.5 Å². The second-order valence-corrected chi connectivity index (χ2v) is 5.28. The number of anilines is 1. The number of benzene rings is 2. The number of amides is 1. The fraction of sp³-hybridized carbons (Fsp3) is 0.158. The third-order valence-electron chi connectivity index (χ3n) is 3.39. The average molecular weight is 361 g/mol. The van der Waals surface area contributed by atoms with Crippen LogP contribution in [-0.4, -0.2) is 25.6 Å². The summed E-state index contributed by atoms with van der Waals surface area (Å²) in [5.74, 6) is -1.16. The summed E-state index contributed by atoms with van der Waals surface area (Å²) in [6.07, 6.45) is 2.51. The average Bonchev–Trinajstić information content (AvgIpc) is 2.61. The Kier molecular flexibility index (Phi) is 6.43. The molecule has 1 N–H and O–H groups in total. The zero-order chi connectivity index (χ0) is 19.1. The van der Waals surface area contributed by atoms with E-state index in [-0.39, 0.29) is 17.0 Å². The van der Waals surface area contributed by atoms with Crippen molar-refractivity contribution in [1.82, 2.24) is 0 Å². The molecular formula is C19H17F2NO4. The molecule has 0 spiro atoms. The highest BCUT2D eigenvalue weighted by Crippen LogP contribution is 2.22. The molecule has 0 saturated heterocycles. The van der Waals surface area contributed by atoms with Crippen LogP contribution in [0.5, 0.6) is 5.75 Å². The van der Waals surface area contributed by atoms with Gasteiger partial charge in [0, 0.05) is 11.6 Å². The van der Waals surface area contributed by atoms with Gasteiger partial charge in [0.25, 0.3) is 0 Å². The van der Waals surface area contributed by atoms with Crippen molar-refractivity contribution < 1.29 is 27.8 Å². The summed E-state index contributed by atoms with van der Waals surface area (Å²) in [5.41, 5.74) is 1.65. The molecule has 0 fully saturated rings. The molecule has 0 unspecified atom stereocenters. The Morgan fingerprint density at radius 2 is 1.88 bits per heavy atom. The van der Waals surface area contributed by atoms with Crippen molar-refractivity contribution in [3.8, 4) is 5.75 Å². The van der Waals surface area contributed by atoms with Gasteiger partial charge in [0.1, 0.15) is 5.75 Å². The Morgan fingerprint density at radius 3 is 2.58 bits per heavy atom. The number of aryl methyl sites for hydroxylation is 1. The van der Waals surface area contributed by atoms with Crippen LogP contribution in [0.4, 0.5) is 14.5 Å². The Morgan fingerprint density at radius 1 is 1.15 bits per heavy atom. The first-order chi connectivity index (χ1) is 12.4. The zero-order valence-electron chi connectivity index (χ0n) is 14.2. The molecule has 0 aromatic heterocycles. The molecule has 26 heavy (non-hydrogen) atoms. The standard InChI is InChI=1S/C19H17F2NO4/c1-12-7-9-15(14(11-12)18(24)25-2)22-17(23)10-8-13-5-3-4-6-16(13)26-19(20)21/h3-11,19H,1-2H3,(H,22,23)/b10-8+. The number of rotatable bonds is 6. The van der Waals surface area contributed by atoms with Gasteiger partial charge in [0.15, 0.2) is 0 Å². The van der Waals surface area contributed by atoms with Gasteiger partial charge in [0.2, 0.25) is 5.91 Å². The summed E-state index contributed by atoms with van der Waals surface area (Å²) in [6.45, 7) is -1.16. The number of ether oxygens (including phenoxy) is 2. The van der Waals surface area contributed by atoms with Gasteiger partial charge in [-0.1, -0.05) is 29.8 Å². The Bertz CT molecular complexity index is 834. The van der Waals surface area contributed by atoms with Crippen LogP contribution in [-0.2, 0) is 9.53 Å². The number of hydrogen-bond acceptors (Lipinski definition) is 4. The Balaban J connectivity index is 2.17. The van der Waals surface area contributed by atoms with Crippen molar-refractivity contribution in [2.75, 3.05) is 12.4 Å². The van der Waals surface area contributed by atoms with E-state index in [0.29, 0.717) is 5.56 Å². The minimum absolute atomic E-state index is 0.0443. The van der Waals surface area contributed by atoms with Gasteiger partial charge in [-0.3, -0.25) is 4.79 Å². The van der Waals surface area contributed by atoms with E-state index in [4.69, 9.17) is 4.74 Å². The van der Waals surface area contributed by atoms with Gasteiger partial charge < -0.3 is 14.8 Å². The Labute approximate surface area is 149 Å². The predicted octanol–water partition coefficient (Wildman–Crippen LogP) is 4.03. The minimum Gasteiger partial charge on any atom is -0.465 e. The summed E-state index contributed by atoms with van der Waals surface area (Å²) < 4.78 is 33.9. The zero-order valence-corrected chi connectivity index (χ0v) is 14.2. The lowest BCUT2D eigenvalue weighted by atomic mass is 10.1. The molecule has 0 heterocycles. The van der Waals surface area contributed by atoms with Crippen molar-refractivity contribution in [3.63, 3.8) is 0 Å². The quantitative estimate of drug-likeness (QED) is 0.623. The van der Waals surface area contributed by atoms with Crippen LogP contribution in [0.25, 0.3) is 6.08 Å². The van der Waals surface area contributed by atoms with Crippen LogP contribution < -0.4 is 10.1 Å². The van der Waals surface area contributed by atoms with Crippen molar-refractivity contribution in [3.05, 3.63) is 65.2 Å². The van der Waals surface area contributed by atoms with Gasteiger partial charge in [-0.25, -0.2) is 4.79 Å². The maximum Gasteiger partial charge on any atom is 0.387 e. The highest BCUT2D eigenvalue weighted by Gasteiger charge is 2.13. The number of esters is 1. The molecule has 0 bridgehead atoms. The maximum absolute atomic E-state index is 12.4. The lowest BCUT2D eigenvalue weighted by Gasteiger charge is -2.09. The molecule has 0 aliphatic carbocycles. The number of carbonyl (C=O) groups is 2. The van der Waals surface area contributed by atoms with Crippen LogP contribution in [0.2, 0.25) is 0 Å². The van der Waals surface area contributed by atoms with E-state index in [1.807, 2.05) is 0 Å². The highest BCUT2D eigenvalue weighted by atomic mass is 19.3. The SMILES string of the molecule is COC(=O)c1cc(C)ccc1NC(=O)/C=C/c1ccccc1OC(F)F. The molecule has 2 aromatic carbocycles. The van der Waals surface area contributed by atoms with Crippen LogP contribution in [0.3, 0.4) is 0 Å². The summed E-state index contributed by atoms with van der Waals surface area (Å²) in [5, 5.41) is 2.57. The minimum atomic E-state index is -2.96. The second kappa shape index (κ2) is 8.75. The van der Waals surface area contributed by atoms with Crippen molar-refractivity contribution in [1.29, 1.82) is 0 Å². The molecule has 0 aliphatic rings. The molecule has 0 atom stereocenters. The third-order valence-corrected chi connectivity index (χ3v) is 3.39. The number of alkyl halides is 2. The normalized spacial score (nSPS) is 10.8. The number of methoxy groups -OCH3 is 1. The van der Waals surface area contributed by atoms with E-state index in [2.05, 4.69) is 10.1 Å². The molecule has 2 rings (SSSR count). The summed E-state index contributed by atoms with van der Waals surface area (Å²) in [4.78, 5) is 23.9. The lowest BCUT2D eigenvalue weighted by Crippen LogP contribution is -2.13. The van der Waals surface area contributed by atoms with Crippen LogP contribution >= 0.6 is 0 Å². The maximum atomic E-state index is 12.4. The fourth-order valence-electron chi connectivity index (χ4n) is 2.21. The van der Waals surface area contributed by atoms with E-state index in [0.717, 1.165) is 11.6 Å². The first-order valence-electron chi connectivity index (χ1n) is 7.62. The van der Waals surface area contributed by atoms with Crippen LogP contribution in [0, 0.1) is 6.92 Å². The van der Waals surface area contributed by atoms with E-state index in [9.17, 15) is 18.4 Å². The van der Waals surface area contributed by atoms with Gasteiger partial charge in [-0.2, -0.15) is 8.78 Å². The summed E-state index contributed by atoms with van der Waals surface area (Å²) in [6, 6.07) is 11.0. The van der Waals surface area contributed by atoms with Gasteiger partial charge in [-0.05, 0) is 31.2 Å². The topological polar surface area (TPSA) is 64.6 Å². The monoisotopic (exact) mass is 361 g/mol. The third kappa shape index (κ3) is 5.14. The van der Waals surface area contributed by atoms with Crippen LogP contribution in [0.1, 0.15) is 21.5 Å². The molecule has 136 valence electrons. The van der Waals surface area contributed by atoms with E-state index in [1.54, 1.807) is 37.3 Å². The molecule has 7 heteroatoms. The molecule has 0 radical (unpaired) electrons. The molecule has 0 aliphatic heterocycles. The first-order valence-corrected chi connectivity index (χ1v) is 7.62. The molecular weight excluding hydrogens is 344 g/mol. The number of halogens is 2. The molecule has 5 nitrogen and oxygen atoms in total. The number of hydrogen-bond donors (Lipinski definition) is 1. The molecule has 2 aromatic rings. The number of para-hydroxylation sites is 1. The first kappa shape index (κ1) is 19.1. The van der Waals surface area contributed by atoms with Crippen molar-refractivity contribution in [2.45, 2.75) is 13.5 Å². The van der Waals surface area contributed by atoms with E-state index in [1.165, 1.54) is 25.3 Å². The van der Waals surface area contributed by atoms with Crippen LogP contribution in [0.15, 0.2) is 48.5 Å². The molecule has 1 amide bonds. The largest absolute Gasteiger partial charge is 0.465 e.